The summed E-state index contributed by atoms with van der Waals surface area (Å²) in [6.45, 7) is 3.53. The van der Waals surface area contributed by atoms with E-state index < -0.39 is 6.10 Å². The molecule has 3 heteroatoms. The molecule has 0 radical (unpaired) electrons. The first-order valence-corrected chi connectivity index (χ1v) is 3.38. The van der Waals surface area contributed by atoms with E-state index in [0.717, 1.165) is 0 Å². The normalized spacial score (nSPS) is 35.9. The molecule has 0 bridgehead atoms. The zero-order chi connectivity index (χ0) is 7.56. The molecule has 0 fully saturated rings. The number of hydrogen-bond acceptors (Lipinski definition) is 3. The van der Waals surface area contributed by atoms with Crippen LogP contribution in [0.4, 0.5) is 0 Å². The lowest BCUT2D eigenvalue weighted by Gasteiger charge is -2.21. The maximum atomic E-state index is 9.01. The minimum Gasteiger partial charge on any atom is -0.390 e. The Labute approximate surface area is 60.2 Å². The highest BCUT2D eigenvalue weighted by Crippen LogP contribution is 2.10. The molecule has 0 saturated carbocycles. The topological polar surface area (TPSA) is 38.7 Å². The summed E-state index contributed by atoms with van der Waals surface area (Å²) in [6.07, 6.45) is 2.84. The molecule has 0 saturated heterocycles. The molecular weight excluding hydrogens is 132 g/mol. The number of aliphatic hydroxyl groups is 1. The van der Waals surface area contributed by atoms with E-state index in [1.54, 1.807) is 13.0 Å². The van der Waals surface area contributed by atoms with E-state index in [0.29, 0.717) is 0 Å². The average Bonchev–Trinajstić information content (AvgIpc) is 1.88. The van der Waals surface area contributed by atoms with Crippen LogP contribution in [-0.4, -0.2) is 23.4 Å². The Balaban J connectivity index is 2.45. The van der Waals surface area contributed by atoms with E-state index in [1.165, 1.54) is 0 Å². The molecule has 1 N–H and O–H groups in total. The third-order valence-electron chi connectivity index (χ3n) is 1.37. The van der Waals surface area contributed by atoms with Crippen LogP contribution >= 0.6 is 0 Å². The Kier molecular flexibility index (Phi) is 2.43. The van der Waals surface area contributed by atoms with Crippen LogP contribution in [0.15, 0.2) is 12.2 Å². The van der Waals surface area contributed by atoms with Crippen molar-refractivity contribution in [1.29, 1.82) is 0 Å². The molecule has 1 heterocycles. The largest absolute Gasteiger partial charge is 0.390 e. The number of rotatable bonds is 1. The standard InChI is InChI=1S/C7H12O3/c1-5-3-4-7(6(2)8)10-9-5/h3-8H,1-2H3/t5-,6+,7-/m0/s1. The summed E-state index contributed by atoms with van der Waals surface area (Å²) < 4.78 is 0. The first kappa shape index (κ1) is 7.72. The number of aliphatic hydroxyl groups excluding tert-OH is 1. The highest BCUT2D eigenvalue weighted by atomic mass is 17.2. The van der Waals surface area contributed by atoms with E-state index in [2.05, 4.69) is 0 Å². The molecule has 1 rings (SSSR count). The van der Waals surface area contributed by atoms with Crippen LogP contribution in [0.25, 0.3) is 0 Å². The van der Waals surface area contributed by atoms with E-state index in [-0.39, 0.29) is 12.2 Å². The quantitative estimate of drug-likeness (QED) is 0.433. The fourth-order valence-corrected chi connectivity index (χ4v) is 0.723. The summed E-state index contributed by atoms with van der Waals surface area (Å²) in [7, 11) is 0. The van der Waals surface area contributed by atoms with Crippen molar-refractivity contribution in [2.75, 3.05) is 0 Å². The van der Waals surface area contributed by atoms with Gasteiger partial charge in [-0.2, -0.15) is 0 Å². The van der Waals surface area contributed by atoms with Crippen LogP contribution in [0.2, 0.25) is 0 Å². The van der Waals surface area contributed by atoms with Gasteiger partial charge in [0.05, 0.1) is 6.10 Å². The zero-order valence-corrected chi connectivity index (χ0v) is 6.15. The average molecular weight is 144 g/mol. The molecule has 0 unspecified atom stereocenters. The van der Waals surface area contributed by atoms with E-state index in [9.17, 15) is 0 Å². The summed E-state index contributed by atoms with van der Waals surface area (Å²) in [5, 5.41) is 9.01. The SMILES string of the molecule is C[C@H]1C=C[C@@H]([C@@H](C)O)OO1. The Hall–Kier alpha value is -0.380. The molecule has 0 aromatic rings. The second kappa shape index (κ2) is 3.14. The second-order valence-electron chi connectivity index (χ2n) is 2.49. The van der Waals surface area contributed by atoms with Crippen molar-refractivity contribution >= 4 is 0 Å². The van der Waals surface area contributed by atoms with Crippen LogP contribution in [0.3, 0.4) is 0 Å². The molecule has 0 aromatic carbocycles. The fourth-order valence-electron chi connectivity index (χ4n) is 0.723. The molecular formula is C7H12O3. The Morgan fingerprint density at radius 2 is 2.10 bits per heavy atom. The van der Waals surface area contributed by atoms with Gasteiger partial charge in [0.25, 0.3) is 0 Å². The van der Waals surface area contributed by atoms with E-state index >= 15 is 0 Å². The van der Waals surface area contributed by atoms with Gasteiger partial charge in [-0.25, -0.2) is 9.78 Å². The van der Waals surface area contributed by atoms with Gasteiger partial charge < -0.3 is 5.11 Å². The van der Waals surface area contributed by atoms with Crippen LogP contribution < -0.4 is 0 Å². The lowest BCUT2D eigenvalue weighted by atomic mass is 10.2. The van der Waals surface area contributed by atoms with Crippen molar-refractivity contribution in [3.8, 4) is 0 Å². The monoisotopic (exact) mass is 144 g/mol. The van der Waals surface area contributed by atoms with Gasteiger partial charge >= 0.3 is 0 Å². The molecule has 0 aromatic heterocycles. The second-order valence-corrected chi connectivity index (χ2v) is 2.49. The summed E-state index contributed by atoms with van der Waals surface area (Å²) in [6, 6.07) is 0. The lowest BCUT2D eigenvalue weighted by Crippen LogP contribution is -2.29. The van der Waals surface area contributed by atoms with E-state index in [4.69, 9.17) is 14.9 Å². The maximum absolute atomic E-state index is 9.01. The summed E-state index contributed by atoms with van der Waals surface area (Å²) in [5.74, 6) is 0. The van der Waals surface area contributed by atoms with Crippen LogP contribution in [0.1, 0.15) is 13.8 Å². The van der Waals surface area contributed by atoms with Crippen molar-refractivity contribution in [3.63, 3.8) is 0 Å². The molecule has 0 spiro atoms. The molecule has 3 atom stereocenters. The molecule has 10 heavy (non-hydrogen) atoms. The molecule has 1 aliphatic heterocycles. The van der Waals surface area contributed by atoms with Crippen molar-refractivity contribution in [3.05, 3.63) is 12.2 Å². The van der Waals surface area contributed by atoms with Gasteiger partial charge in [0.2, 0.25) is 0 Å². The highest BCUT2D eigenvalue weighted by Gasteiger charge is 2.18. The van der Waals surface area contributed by atoms with Crippen molar-refractivity contribution in [2.45, 2.75) is 32.2 Å². The third-order valence-corrected chi connectivity index (χ3v) is 1.37. The highest BCUT2D eigenvalue weighted by molar-refractivity contribution is 4.96. The predicted molar refractivity (Wildman–Crippen MR) is 36.2 cm³/mol. The van der Waals surface area contributed by atoms with Gasteiger partial charge in [-0.3, -0.25) is 0 Å². The minimum absolute atomic E-state index is 0.00463. The predicted octanol–water partition coefficient (Wildman–Crippen LogP) is 0.642. The Bertz CT molecular complexity index is 131. The van der Waals surface area contributed by atoms with Gasteiger partial charge in [-0.05, 0) is 13.8 Å². The Morgan fingerprint density at radius 1 is 1.40 bits per heavy atom. The minimum atomic E-state index is -0.510. The summed E-state index contributed by atoms with van der Waals surface area (Å²) in [4.78, 5) is 9.62. The fraction of sp³-hybridized carbons (Fsp3) is 0.714. The van der Waals surface area contributed by atoms with Gasteiger partial charge in [-0.1, -0.05) is 12.2 Å². The van der Waals surface area contributed by atoms with Crippen molar-refractivity contribution in [2.24, 2.45) is 0 Å². The lowest BCUT2D eigenvalue weighted by molar-refractivity contribution is -0.346. The van der Waals surface area contributed by atoms with Gasteiger partial charge in [0.1, 0.15) is 12.2 Å². The maximum Gasteiger partial charge on any atom is 0.137 e. The van der Waals surface area contributed by atoms with Crippen molar-refractivity contribution in [1.82, 2.24) is 0 Å². The molecule has 0 amide bonds. The zero-order valence-electron chi connectivity index (χ0n) is 6.15. The van der Waals surface area contributed by atoms with Crippen molar-refractivity contribution < 1.29 is 14.9 Å². The molecule has 58 valence electrons. The van der Waals surface area contributed by atoms with Crippen LogP contribution in [-0.2, 0) is 9.78 Å². The van der Waals surface area contributed by atoms with Gasteiger partial charge in [0, 0.05) is 0 Å². The van der Waals surface area contributed by atoms with Crippen LogP contribution in [0.5, 0.6) is 0 Å². The molecule has 0 aliphatic carbocycles. The third kappa shape index (κ3) is 1.80. The van der Waals surface area contributed by atoms with Gasteiger partial charge in [-0.15, -0.1) is 0 Å². The first-order valence-electron chi connectivity index (χ1n) is 3.38. The van der Waals surface area contributed by atoms with Gasteiger partial charge in [0.15, 0.2) is 0 Å². The summed E-state index contributed by atoms with van der Waals surface area (Å²) in [5.41, 5.74) is 0. The van der Waals surface area contributed by atoms with E-state index in [1.807, 2.05) is 13.0 Å². The first-order chi connectivity index (χ1) is 4.70. The summed E-state index contributed by atoms with van der Waals surface area (Å²) >= 11 is 0. The smallest absolute Gasteiger partial charge is 0.137 e. The number of hydrogen-bond donors (Lipinski definition) is 1. The van der Waals surface area contributed by atoms with Crippen LogP contribution in [0, 0.1) is 0 Å². The Morgan fingerprint density at radius 3 is 2.50 bits per heavy atom. The molecule has 3 nitrogen and oxygen atoms in total. The molecule has 1 aliphatic rings.